The molecule has 0 saturated heterocycles. The standard InChI is InChI=1S/C16H21N3O3/c1-10-12(16(20)21)13-14(17-9-18-15(13)22-10)19-11-7-5-3-2-4-6-8-11/h9,11H,2-8H2,1H3,(H,20,21)(H,17,18,19). The average molecular weight is 303 g/mol. The second kappa shape index (κ2) is 6.34. The lowest BCUT2D eigenvalue weighted by molar-refractivity contribution is 0.0697. The predicted molar refractivity (Wildman–Crippen MR) is 83.2 cm³/mol. The summed E-state index contributed by atoms with van der Waals surface area (Å²) < 4.78 is 5.46. The van der Waals surface area contributed by atoms with Gasteiger partial charge in [0.25, 0.3) is 0 Å². The van der Waals surface area contributed by atoms with Gasteiger partial charge in [-0.15, -0.1) is 0 Å². The Morgan fingerprint density at radius 3 is 2.59 bits per heavy atom. The Kier molecular flexibility index (Phi) is 4.27. The number of nitrogens with one attached hydrogen (secondary N) is 1. The summed E-state index contributed by atoms with van der Waals surface area (Å²) in [4.78, 5) is 19.8. The van der Waals surface area contributed by atoms with E-state index in [-0.39, 0.29) is 5.56 Å². The molecule has 0 amide bonds. The molecule has 2 heterocycles. The third-order valence-corrected chi connectivity index (χ3v) is 4.32. The van der Waals surface area contributed by atoms with Crippen molar-refractivity contribution in [2.45, 2.75) is 57.9 Å². The minimum absolute atomic E-state index is 0.156. The largest absolute Gasteiger partial charge is 0.478 e. The zero-order valence-electron chi connectivity index (χ0n) is 12.8. The van der Waals surface area contributed by atoms with Crippen LogP contribution in [0.1, 0.15) is 61.1 Å². The second-order valence-corrected chi connectivity index (χ2v) is 5.93. The van der Waals surface area contributed by atoms with Crippen LogP contribution >= 0.6 is 0 Å². The summed E-state index contributed by atoms with van der Waals surface area (Å²) in [5.41, 5.74) is 0.488. The van der Waals surface area contributed by atoms with Crippen molar-refractivity contribution in [2.75, 3.05) is 5.32 Å². The van der Waals surface area contributed by atoms with Crippen LogP contribution in [-0.2, 0) is 0 Å². The number of aryl methyl sites for hydroxylation is 1. The van der Waals surface area contributed by atoms with E-state index in [1.54, 1.807) is 6.92 Å². The Balaban J connectivity index is 1.94. The van der Waals surface area contributed by atoms with Crippen molar-refractivity contribution in [3.05, 3.63) is 17.7 Å². The predicted octanol–water partition coefficient (Wildman–Crippen LogP) is 3.75. The Labute approximate surface area is 128 Å². The van der Waals surface area contributed by atoms with Crippen LogP contribution in [0, 0.1) is 6.92 Å². The van der Waals surface area contributed by atoms with Crippen LogP contribution in [0.2, 0.25) is 0 Å². The number of fused-ring (bicyclic) bond motifs is 1. The molecule has 2 aromatic heterocycles. The second-order valence-electron chi connectivity index (χ2n) is 5.93. The molecule has 6 nitrogen and oxygen atoms in total. The molecular weight excluding hydrogens is 282 g/mol. The van der Waals surface area contributed by atoms with Crippen LogP contribution in [0.5, 0.6) is 0 Å². The number of carbonyl (C=O) groups is 1. The lowest BCUT2D eigenvalue weighted by Crippen LogP contribution is -2.21. The molecule has 0 radical (unpaired) electrons. The fourth-order valence-electron chi connectivity index (χ4n) is 3.21. The van der Waals surface area contributed by atoms with Gasteiger partial charge in [0.1, 0.15) is 23.5 Å². The minimum atomic E-state index is -1.01. The molecule has 1 aliphatic carbocycles. The number of aromatic nitrogens is 2. The number of rotatable bonds is 3. The molecule has 0 aromatic carbocycles. The first kappa shape index (κ1) is 14.8. The highest BCUT2D eigenvalue weighted by molar-refractivity contribution is 6.06. The number of carboxylic acid groups (broad SMARTS) is 1. The summed E-state index contributed by atoms with van der Waals surface area (Å²) in [6.45, 7) is 1.64. The average Bonchev–Trinajstić information content (AvgIpc) is 2.78. The molecule has 3 rings (SSSR count). The van der Waals surface area contributed by atoms with Gasteiger partial charge in [-0.3, -0.25) is 0 Å². The van der Waals surface area contributed by atoms with Crippen molar-refractivity contribution in [1.29, 1.82) is 0 Å². The van der Waals surface area contributed by atoms with Crippen molar-refractivity contribution in [3.63, 3.8) is 0 Å². The van der Waals surface area contributed by atoms with Gasteiger partial charge in [0.2, 0.25) is 5.71 Å². The highest BCUT2D eigenvalue weighted by Gasteiger charge is 2.23. The summed E-state index contributed by atoms with van der Waals surface area (Å²) >= 11 is 0. The summed E-state index contributed by atoms with van der Waals surface area (Å²) in [5, 5.41) is 13.3. The van der Waals surface area contributed by atoms with E-state index in [2.05, 4.69) is 15.3 Å². The fraction of sp³-hybridized carbons (Fsp3) is 0.562. The summed E-state index contributed by atoms with van der Waals surface area (Å²) in [7, 11) is 0. The van der Waals surface area contributed by atoms with Crippen LogP contribution in [-0.4, -0.2) is 27.1 Å². The third-order valence-electron chi connectivity index (χ3n) is 4.32. The van der Waals surface area contributed by atoms with Gasteiger partial charge in [0, 0.05) is 6.04 Å². The molecule has 118 valence electrons. The van der Waals surface area contributed by atoms with Gasteiger partial charge in [-0.05, 0) is 19.8 Å². The van der Waals surface area contributed by atoms with E-state index >= 15 is 0 Å². The molecule has 2 N–H and O–H groups in total. The molecule has 0 aliphatic heterocycles. The van der Waals surface area contributed by atoms with E-state index in [1.165, 1.54) is 38.4 Å². The van der Waals surface area contributed by atoms with Crippen LogP contribution in [0.3, 0.4) is 0 Å². The number of hydrogen-bond acceptors (Lipinski definition) is 5. The van der Waals surface area contributed by atoms with Crippen LogP contribution in [0.15, 0.2) is 10.7 Å². The van der Waals surface area contributed by atoms with Crippen LogP contribution in [0.25, 0.3) is 11.1 Å². The van der Waals surface area contributed by atoms with Crippen molar-refractivity contribution in [2.24, 2.45) is 0 Å². The molecule has 0 bridgehead atoms. The highest BCUT2D eigenvalue weighted by atomic mass is 16.4. The lowest BCUT2D eigenvalue weighted by Gasteiger charge is -2.21. The summed E-state index contributed by atoms with van der Waals surface area (Å²) in [6.07, 6.45) is 9.83. The Morgan fingerprint density at radius 1 is 1.23 bits per heavy atom. The van der Waals surface area contributed by atoms with E-state index in [9.17, 15) is 9.90 Å². The van der Waals surface area contributed by atoms with Crippen molar-refractivity contribution in [3.8, 4) is 0 Å². The highest BCUT2D eigenvalue weighted by Crippen LogP contribution is 2.30. The number of anilines is 1. The molecule has 2 aromatic rings. The van der Waals surface area contributed by atoms with E-state index in [1.807, 2.05) is 0 Å². The maximum atomic E-state index is 11.5. The van der Waals surface area contributed by atoms with Gasteiger partial charge in [0.05, 0.1) is 5.39 Å². The number of hydrogen-bond donors (Lipinski definition) is 2. The maximum Gasteiger partial charge on any atom is 0.340 e. The first-order chi connectivity index (χ1) is 10.7. The number of furan rings is 1. The van der Waals surface area contributed by atoms with Gasteiger partial charge < -0.3 is 14.8 Å². The molecule has 0 spiro atoms. The summed E-state index contributed by atoms with van der Waals surface area (Å²) in [5.74, 6) is -0.0692. The zero-order valence-corrected chi connectivity index (χ0v) is 12.8. The van der Waals surface area contributed by atoms with Crippen molar-refractivity contribution in [1.82, 2.24) is 9.97 Å². The Hall–Kier alpha value is -2.11. The van der Waals surface area contributed by atoms with Gasteiger partial charge in [0.15, 0.2) is 0 Å². The Bertz CT molecular complexity index is 673. The number of carboxylic acids is 1. The van der Waals surface area contributed by atoms with E-state index in [0.29, 0.717) is 28.7 Å². The molecule has 22 heavy (non-hydrogen) atoms. The summed E-state index contributed by atoms with van der Waals surface area (Å²) in [6, 6.07) is 0.329. The normalized spacial score (nSPS) is 17.1. The monoisotopic (exact) mass is 303 g/mol. The SMILES string of the molecule is Cc1oc2ncnc(NC3CCCCCCC3)c2c1C(=O)O. The Morgan fingerprint density at radius 2 is 1.91 bits per heavy atom. The number of aromatic carboxylic acids is 1. The smallest absolute Gasteiger partial charge is 0.340 e. The van der Waals surface area contributed by atoms with Gasteiger partial charge >= 0.3 is 5.97 Å². The number of nitrogens with zero attached hydrogens (tertiary/aromatic N) is 2. The van der Waals surface area contributed by atoms with E-state index in [4.69, 9.17) is 4.42 Å². The first-order valence-electron chi connectivity index (χ1n) is 7.90. The first-order valence-corrected chi connectivity index (χ1v) is 7.90. The van der Waals surface area contributed by atoms with Crippen LogP contribution < -0.4 is 5.32 Å². The molecule has 1 fully saturated rings. The molecule has 6 heteroatoms. The van der Waals surface area contributed by atoms with Gasteiger partial charge in [-0.2, -0.15) is 0 Å². The minimum Gasteiger partial charge on any atom is -0.478 e. The van der Waals surface area contributed by atoms with E-state index in [0.717, 1.165) is 12.8 Å². The zero-order chi connectivity index (χ0) is 15.5. The maximum absolute atomic E-state index is 11.5. The molecule has 0 unspecified atom stereocenters. The van der Waals surface area contributed by atoms with Gasteiger partial charge in [-0.25, -0.2) is 14.8 Å². The molecule has 1 aliphatic rings. The van der Waals surface area contributed by atoms with E-state index < -0.39 is 5.97 Å². The lowest BCUT2D eigenvalue weighted by atomic mass is 9.96. The van der Waals surface area contributed by atoms with Crippen LogP contribution in [0.4, 0.5) is 5.82 Å². The fourth-order valence-corrected chi connectivity index (χ4v) is 3.21. The third kappa shape index (κ3) is 2.91. The topological polar surface area (TPSA) is 88.3 Å². The van der Waals surface area contributed by atoms with Crippen molar-refractivity contribution < 1.29 is 14.3 Å². The quantitative estimate of drug-likeness (QED) is 0.897. The molecule has 1 saturated carbocycles. The van der Waals surface area contributed by atoms with Crippen molar-refractivity contribution >= 4 is 22.9 Å². The van der Waals surface area contributed by atoms with Gasteiger partial charge in [-0.1, -0.05) is 32.1 Å². The molecular formula is C16H21N3O3. The molecule has 0 atom stereocenters.